The molecule has 3 heterocycles. The van der Waals surface area contributed by atoms with E-state index >= 15 is 0 Å². The van der Waals surface area contributed by atoms with Crippen molar-refractivity contribution in [2.75, 3.05) is 18.0 Å². The Morgan fingerprint density at radius 1 is 1.17 bits per heavy atom. The van der Waals surface area contributed by atoms with Gasteiger partial charge in [-0.2, -0.15) is 0 Å². The molecule has 1 aliphatic heterocycles. The third kappa shape index (κ3) is 2.60. The van der Waals surface area contributed by atoms with Crippen LogP contribution in [0, 0.1) is 5.92 Å². The molecule has 4 rings (SSSR count). The van der Waals surface area contributed by atoms with Gasteiger partial charge in [-0.15, -0.1) is 0 Å². The first-order valence-electron chi connectivity index (χ1n) is 8.31. The van der Waals surface area contributed by atoms with Gasteiger partial charge in [0.05, 0.1) is 0 Å². The van der Waals surface area contributed by atoms with Gasteiger partial charge in [-0.3, -0.25) is 9.78 Å². The second-order valence-electron chi connectivity index (χ2n) is 6.43. The number of piperidine rings is 1. The molecule has 1 fully saturated rings. The number of hydrogen-bond donors (Lipinski definition) is 0. The summed E-state index contributed by atoms with van der Waals surface area (Å²) in [5, 5.41) is 0. The van der Waals surface area contributed by atoms with E-state index in [0.29, 0.717) is 18.0 Å². The van der Waals surface area contributed by atoms with Crippen molar-refractivity contribution in [3.63, 3.8) is 0 Å². The van der Waals surface area contributed by atoms with Gasteiger partial charge in [0.2, 0.25) is 0 Å². The Morgan fingerprint density at radius 2 is 2.09 bits per heavy atom. The van der Waals surface area contributed by atoms with Crippen LogP contribution in [0.1, 0.15) is 31.0 Å². The number of hydrogen-bond acceptors (Lipinski definition) is 5. The number of rotatable bonds is 2. The zero-order valence-electron chi connectivity index (χ0n) is 13.3. The van der Waals surface area contributed by atoms with Crippen LogP contribution in [0.3, 0.4) is 0 Å². The van der Waals surface area contributed by atoms with Crippen molar-refractivity contribution in [1.29, 1.82) is 0 Å². The smallest absolute Gasteiger partial charge is 0.180 e. The molecule has 0 amide bonds. The van der Waals surface area contributed by atoms with E-state index in [-0.39, 0.29) is 5.92 Å². The number of nitrogens with zero attached hydrogens (tertiary/aromatic N) is 4. The third-order valence-corrected chi connectivity index (χ3v) is 4.78. The van der Waals surface area contributed by atoms with Gasteiger partial charge < -0.3 is 4.90 Å². The van der Waals surface area contributed by atoms with Gasteiger partial charge >= 0.3 is 0 Å². The van der Waals surface area contributed by atoms with Crippen LogP contribution in [0.25, 0.3) is 11.5 Å². The van der Waals surface area contributed by atoms with Crippen LogP contribution < -0.4 is 4.90 Å². The fourth-order valence-electron chi connectivity index (χ4n) is 3.49. The molecule has 2 aromatic heterocycles. The van der Waals surface area contributed by atoms with Gasteiger partial charge in [-0.05, 0) is 31.4 Å². The molecule has 1 atom stereocenters. The van der Waals surface area contributed by atoms with Crippen molar-refractivity contribution in [3.05, 3.63) is 35.7 Å². The molecule has 0 radical (unpaired) electrons. The summed E-state index contributed by atoms with van der Waals surface area (Å²) in [4.78, 5) is 28.1. The Bertz CT molecular complexity index is 744. The molecule has 118 valence electrons. The molecule has 5 nitrogen and oxygen atoms in total. The van der Waals surface area contributed by atoms with Gasteiger partial charge in [0.1, 0.15) is 17.3 Å². The maximum Gasteiger partial charge on any atom is 0.180 e. The van der Waals surface area contributed by atoms with E-state index in [1.807, 2.05) is 25.1 Å². The number of Topliss-reactive ketones (excluding diaryl/α,β-unsaturated/α-hetero) is 1. The summed E-state index contributed by atoms with van der Waals surface area (Å²) >= 11 is 0. The van der Waals surface area contributed by atoms with Crippen molar-refractivity contribution >= 4 is 11.6 Å². The maximum atomic E-state index is 11.8. The first-order chi connectivity index (χ1) is 11.2. The standard InChI is InChI=1S/C18H20N4O/c1-12-11-22(10-8-16(12)23)18-13-5-4-7-14(13)20-17(21-18)15-6-2-3-9-19-15/h2-3,6,9,12H,4-5,7-8,10-11H2,1H3. The van der Waals surface area contributed by atoms with Crippen LogP contribution in [0.15, 0.2) is 24.4 Å². The lowest BCUT2D eigenvalue weighted by Gasteiger charge is -2.32. The monoisotopic (exact) mass is 308 g/mol. The minimum atomic E-state index is 0.0778. The van der Waals surface area contributed by atoms with Crippen LogP contribution >= 0.6 is 0 Å². The number of anilines is 1. The Balaban J connectivity index is 1.77. The molecule has 0 N–H and O–H groups in total. The van der Waals surface area contributed by atoms with E-state index in [0.717, 1.165) is 49.6 Å². The molecule has 23 heavy (non-hydrogen) atoms. The molecular weight excluding hydrogens is 288 g/mol. The SMILES string of the molecule is CC1CN(c2nc(-c3ccccn3)nc3c2CCC3)CCC1=O. The lowest BCUT2D eigenvalue weighted by atomic mass is 9.98. The van der Waals surface area contributed by atoms with E-state index < -0.39 is 0 Å². The van der Waals surface area contributed by atoms with E-state index in [4.69, 9.17) is 9.97 Å². The molecule has 1 unspecified atom stereocenters. The second-order valence-corrected chi connectivity index (χ2v) is 6.43. The number of aromatic nitrogens is 3. The highest BCUT2D eigenvalue weighted by atomic mass is 16.1. The Morgan fingerprint density at radius 3 is 2.87 bits per heavy atom. The number of fused-ring (bicyclic) bond motifs is 1. The normalized spacial score (nSPS) is 20.7. The van der Waals surface area contributed by atoms with Gasteiger partial charge in [-0.25, -0.2) is 9.97 Å². The summed E-state index contributed by atoms with van der Waals surface area (Å²) in [7, 11) is 0. The Hall–Kier alpha value is -2.30. The highest BCUT2D eigenvalue weighted by molar-refractivity contribution is 5.83. The molecule has 2 aliphatic rings. The van der Waals surface area contributed by atoms with Crippen molar-refractivity contribution in [3.8, 4) is 11.5 Å². The highest BCUT2D eigenvalue weighted by Gasteiger charge is 2.29. The molecule has 0 bridgehead atoms. The molecule has 1 aliphatic carbocycles. The molecular formula is C18H20N4O. The summed E-state index contributed by atoms with van der Waals surface area (Å²) in [6.45, 7) is 3.52. The summed E-state index contributed by atoms with van der Waals surface area (Å²) in [6, 6.07) is 5.80. The lowest BCUT2D eigenvalue weighted by Crippen LogP contribution is -2.40. The van der Waals surface area contributed by atoms with E-state index in [2.05, 4.69) is 9.88 Å². The third-order valence-electron chi connectivity index (χ3n) is 4.78. The largest absolute Gasteiger partial charge is 0.355 e. The van der Waals surface area contributed by atoms with Gasteiger partial charge in [0.25, 0.3) is 0 Å². The average molecular weight is 308 g/mol. The molecule has 2 aromatic rings. The fourth-order valence-corrected chi connectivity index (χ4v) is 3.49. The average Bonchev–Trinajstić information content (AvgIpc) is 3.06. The van der Waals surface area contributed by atoms with Crippen molar-refractivity contribution in [1.82, 2.24) is 15.0 Å². The van der Waals surface area contributed by atoms with Crippen molar-refractivity contribution in [2.45, 2.75) is 32.6 Å². The molecule has 0 aromatic carbocycles. The quantitative estimate of drug-likeness (QED) is 0.853. The number of carbonyl (C=O) groups excluding carboxylic acids is 1. The maximum absolute atomic E-state index is 11.8. The topological polar surface area (TPSA) is 59.0 Å². The van der Waals surface area contributed by atoms with E-state index in [9.17, 15) is 4.79 Å². The zero-order chi connectivity index (χ0) is 15.8. The lowest BCUT2D eigenvalue weighted by molar-refractivity contribution is -0.122. The van der Waals surface area contributed by atoms with Crippen molar-refractivity contribution in [2.24, 2.45) is 5.92 Å². The predicted molar refractivity (Wildman–Crippen MR) is 88.3 cm³/mol. The minimum Gasteiger partial charge on any atom is -0.355 e. The predicted octanol–water partition coefficient (Wildman–Crippen LogP) is 2.44. The fraction of sp³-hybridized carbons (Fsp3) is 0.444. The first kappa shape index (κ1) is 14.3. The summed E-state index contributed by atoms with van der Waals surface area (Å²) in [5.41, 5.74) is 3.23. The van der Waals surface area contributed by atoms with Crippen LogP contribution in [0.2, 0.25) is 0 Å². The van der Waals surface area contributed by atoms with Crippen LogP contribution in [0.4, 0.5) is 5.82 Å². The number of ketones is 1. The summed E-state index contributed by atoms with van der Waals surface area (Å²) in [5.74, 6) is 2.16. The van der Waals surface area contributed by atoms with Gasteiger partial charge in [0, 0.05) is 42.9 Å². The zero-order valence-corrected chi connectivity index (χ0v) is 13.3. The Labute approximate surface area is 135 Å². The van der Waals surface area contributed by atoms with Crippen molar-refractivity contribution < 1.29 is 4.79 Å². The number of carbonyl (C=O) groups is 1. The molecule has 0 spiro atoms. The van der Waals surface area contributed by atoms with E-state index in [1.54, 1.807) is 6.20 Å². The molecule has 0 saturated carbocycles. The molecule has 1 saturated heterocycles. The second kappa shape index (κ2) is 5.72. The highest BCUT2D eigenvalue weighted by Crippen LogP contribution is 2.32. The van der Waals surface area contributed by atoms with Crippen LogP contribution in [0.5, 0.6) is 0 Å². The first-order valence-corrected chi connectivity index (χ1v) is 8.31. The number of aryl methyl sites for hydroxylation is 1. The molecule has 5 heteroatoms. The Kier molecular flexibility index (Phi) is 3.56. The van der Waals surface area contributed by atoms with Crippen LogP contribution in [-0.2, 0) is 17.6 Å². The number of pyridine rings is 1. The van der Waals surface area contributed by atoms with Gasteiger partial charge in [0.15, 0.2) is 5.82 Å². The minimum absolute atomic E-state index is 0.0778. The van der Waals surface area contributed by atoms with E-state index in [1.165, 1.54) is 5.56 Å². The van der Waals surface area contributed by atoms with Gasteiger partial charge in [-0.1, -0.05) is 13.0 Å². The summed E-state index contributed by atoms with van der Waals surface area (Å²) < 4.78 is 0. The summed E-state index contributed by atoms with van der Waals surface area (Å²) in [6.07, 6.45) is 5.55. The van der Waals surface area contributed by atoms with Crippen LogP contribution in [-0.4, -0.2) is 33.8 Å².